The van der Waals surface area contributed by atoms with Gasteiger partial charge in [0.15, 0.2) is 0 Å². The van der Waals surface area contributed by atoms with E-state index in [4.69, 9.17) is 4.74 Å². The summed E-state index contributed by atoms with van der Waals surface area (Å²) >= 11 is 0. The average molecular weight is 230 g/mol. The molecule has 0 amide bonds. The van der Waals surface area contributed by atoms with E-state index in [0.29, 0.717) is 5.92 Å². The number of hydrogen-bond donors (Lipinski definition) is 0. The number of benzene rings is 1. The van der Waals surface area contributed by atoms with E-state index >= 15 is 0 Å². The summed E-state index contributed by atoms with van der Waals surface area (Å²) in [6.45, 7) is 2.23. The Morgan fingerprint density at radius 1 is 1.35 bits per heavy atom. The molecule has 0 spiro atoms. The van der Waals surface area contributed by atoms with E-state index in [1.54, 1.807) is 7.11 Å². The predicted molar refractivity (Wildman–Crippen MR) is 67.2 cm³/mol. The fraction of sp³-hybridized carbons (Fsp3) is 0.500. The zero-order valence-corrected chi connectivity index (χ0v) is 10.4. The molecule has 0 N–H and O–H groups in total. The number of likely N-dealkylation sites (tertiary alicyclic amines) is 1. The van der Waals surface area contributed by atoms with Crippen LogP contribution >= 0.6 is 0 Å². The summed E-state index contributed by atoms with van der Waals surface area (Å²) in [5.41, 5.74) is 1.94. The normalized spacial score (nSPS) is 17.7. The summed E-state index contributed by atoms with van der Waals surface area (Å²) in [4.78, 5) is 2.34. The minimum absolute atomic E-state index is 0.520. The molecular formula is C14H18N2O. The van der Waals surface area contributed by atoms with Crippen LogP contribution in [-0.4, -0.2) is 32.1 Å². The van der Waals surface area contributed by atoms with Crippen LogP contribution in [0.25, 0.3) is 0 Å². The maximum Gasteiger partial charge on any atom is 0.120 e. The highest BCUT2D eigenvalue weighted by Crippen LogP contribution is 2.31. The zero-order valence-electron chi connectivity index (χ0n) is 10.4. The van der Waals surface area contributed by atoms with Crippen molar-refractivity contribution >= 4 is 0 Å². The third kappa shape index (κ3) is 2.59. The lowest BCUT2D eigenvalue weighted by Gasteiger charge is -2.29. The Morgan fingerprint density at radius 3 is 2.65 bits per heavy atom. The van der Waals surface area contributed by atoms with Crippen LogP contribution in [0.1, 0.15) is 29.9 Å². The number of rotatable bonds is 2. The molecule has 2 rings (SSSR count). The Morgan fingerprint density at radius 2 is 2.06 bits per heavy atom. The summed E-state index contributed by atoms with van der Waals surface area (Å²) in [7, 11) is 3.78. The van der Waals surface area contributed by atoms with Crippen LogP contribution in [-0.2, 0) is 0 Å². The van der Waals surface area contributed by atoms with Crippen molar-refractivity contribution in [2.45, 2.75) is 18.8 Å². The van der Waals surface area contributed by atoms with Gasteiger partial charge in [0, 0.05) is 0 Å². The minimum atomic E-state index is 0.520. The van der Waals surface area contributed by atoms with Crippen molar-refractivity contribution in [3.05, 3.63) is 29.3 Å². The van der Waals surface area contributed by atoms with Gasteiger partial charge in [0.2, 0.25) is 0 Å². The molecule has 1 aromatic carbocycles. The second kappa shape index (κ2) is 5.20. The predicted octanol–water partition coefficient (Wildman–Crippen LogP) is 2.38. The highest BCUT2D eigenvalue weighted by Gasteiger charge is 2.20. The molecule has 1 heterocycles. The molecule has 1 aromatic rings. The molecule has 90 valence electrons. The number of ether oxygens (including phenoxy) is 1. The van der Waals surface area contributed by atoms with Gasteiger partial charge in [-0.05, 0) is 56.6 Å². The van der Waals surface area contributed by atoms with Gasteiger partial charge in [-0.2, -0.15) is 5.26 Å². The first-order chi connectivity index (χ1) is 8.24. The third-order valence-electron chi connectivity index (χ3n) is 3.54. The maximum absolute atomic E-state index is 9.21. The topological polar surface area (TPSA) is 36.3 Å². The molecule has 0 atom stereocenters. The Balaban J connectivity index is 2.23. The van der Waals surface area contributed by atoms with Gasteiger partial charge in [-0.3, -0.25) is 0 Å². The van der Waals surface area contributed by atoms with Gasteiger partial charge >= 0.3 is 0 Å². The Bertz CT molecular complexity index is 428. The maximum atomic E-state index is 9.21. The van der Waals surface area contributed by atoms with Crippen molar-refractivity contribution in [3.8, 4) is 11.8 Å². The lowest BCUT2D eigenvalue weighted by Crippen LogP contribution is -2.29. The van der Waals surface area contributed by atoms with Crippen LogP contribution in [0.4, 0.5) is 0 Å². The molecule has 0 saturated carbocycles. The molecule has 1 fully saturated rings. The van der Waals surface area contributed by atoms with Gasteiger partial charge in [0.05, 0.1) is 18.7 Å². The van der Waals surface area contributed by atoms with E-state index < -0.39 is 0 Å². The van der Waals surface area contributed by atoms with Crippen LogP contribution < -0.4 is 4.74 Å². The van der Waals surface area contributed by atoms with Crippen molar-refractivity contribution in [1.82, 2.24) is 4.90 Å². The molecule has 0 bridgehead atoms. The van der Waals surface area contributed by atoms with Crippen LogP contribution in [0.5, 0.6) is 5.75 Å². The first kappa shape index (κ1) is 11.9. The smallest absolute Gasteiger partial charge is 0.120 e. The molecule has 1 saturated heterocycles. The summed E-state index contributed by atoms with van der Waals surface area (Å²) in [5, 5.41) is 9.21. The van der Waals surface area contributed by atoms with Gasteiger partial charge < -0.3 is 9.64 Å². The molecular weight excluding hydrogens is 212 g/mol. The fourth-order valence-electron chi connectivity index (χ4n) is 2.43. The quantitative estimate of drug-likeness (QED) is 0.782. The van der Waals surface area contributed by atoms with E-state index in [1.807, 2.05) is 18.2 Å². The van der Waals surface area contributed by atoms with Gasteiger partial charge in [-0.25, -0.2) is 0 Å². The molecule has 0 unspecified atom stereocenters. The molecule has 0 radical (unpaired) electrons. The fourth-order valence-corrected chi connectivity index (χ4v) is 2.43. The second-order valence-electron chi connectivity index (χ2n) is 4.64. The summed E-state index contributed by atoms with van der Waals surface area (Å²) in [6, 6.07) is 8.13. The number of hydrogen-bond acceptors (Lipinski definition) is 3. The monoisotopic (exact) mass is 230 g/mol. The number of nitriles is 1. The Labute approximate surface area is 103 Å². The lowest BCUT2D eigenvalue weighted by molar-refractivity contribution is 0.255. The average Bonchev–Trinajstić information content (AvgIpc) is 2.39. The van der Waals surface area contributed by atoms with Gasteiger partial charge in [0.1, 0.15) is 5.75 Å². The first-order valence-corrected chi connectivity index (χ1v) is 6.01. The number of methoxy groups -OCH3 is 1. The minimum Gasteiger partial charge on any atom is -0.497 e. The highest BCUT2D eigenvalue weighted by molar-refractivity contribution is 5.45. The van der Waals surface area contributed by atoms with Gasteiger partial charge in [-0.15, -0.1) is 0 Å². The third-order valence-corrected chi connectivity index (χ3v) is 3.54. The SMILES string of the molecule is COc1ccc(C2CCN(C)CC2)c(C#N)c1. The van der Waals surface area contributed by atoms with Crippen molar-refractivity contribution in [2.75, 3.05) is 27.2 Å². The Kier molecular flexibility index (Phi) is 3.65. The van der Waals surface area contributed by atoms with Crippen molar-refractivity contribution in [3.63, 3.8) is 0 Å². The van der Waals surface area contributed by atoms with E-state index in [2.05, 4.69) is 18.0 Å². The zero-order chi connectivity index (χ0) is 12.3. The lowest BCUT2D eigenvalue weighted by atomic mass is 9.87. The molecule has 1 aliphatic heterocycles. The summed E-state index contributed by atoms with van der Waals surface area (Å²) in [6.07, 6.45) is 2.27. The van der Waals surface area contributed by atoms with Gasteiger partial charge in [-0.1, -0.05) is 6.07 Å². The summed E-state index contributed by atoms with van der Waals surface area (Å²) < 4.78 is 5.16. The van der Waals surface area contributed by atoms with E-state index in [9.17, 15) is 5.26 Å². The van der Waals surface area contributed by atoms with E-state index in [-0.39, 0.29) is 0 Å². The van der Waals surface area contributed by atoms with Crippen LogP contribution in [0, 0.1) is 11.3 Å². The van der Waals surface area contributed by atoms with Crippen molar-refractivity contribution in [2.24, 2.45) is 0 Å². The molecule has 17 heavy (non-hydrogen) atoms. The highest BCUT2D eigenvalue weighted by atomic mass is 16.5. The largest absolute Gasteiger partial charge is 0.497 e. The first-order valence-electron chi connectivity index (χ1n) is 6.01. The molecule has 3 nitrogen and oxygen atoms in total. The molecule has 3 heteroatoms. The van der Waals surface area contributed by atoms with Gasteiger partial charge in [0.25, 0.3) is 0 Å². The molecule has 0 aromatic heterocycles. The summed E-state index contributed by atoms with van der Waals surface area (Å²) in [5.74, 6) is 1.28. The number of piperidine rings is 1. The second-order valence-corrected chi connectivity index (χ2v) is 4.64. The van der Waals surface area contributed by atoms with E-state index in [0.717, 1.165) is 37.2 Å². The Hall–Kier alpha value is -1.53. The standard InChI is InChI=1S/C14H18N2O/c1-16-7-5-11(6-8-16)14-4-3-13(17-2)9-12(14)10-15/h3-4,9,11H,5-8H2,1-2H3. The van der Waals surface area contributed by atoms with Crippen molar-refractivity contribution < 1.29 is 4.74 Å². The van der Waals surface area contributed by atoms with E-state index in [1.165, 1.54) is 5.56 Å². The van der Waals surface area contributed by atoms with Crippen molar-refractivity contribution in [1.29, 1.82) is 5.26 Å². The van der Waals surface area contributed by atoms with Crippen LogP contribution in [0.15, 0.2) is 18.2 Å². The molecule has 1 aliphatic rings. The van der Waals surface area contributed by atoms with Crippen LogP contribution in [0.3, 0.4) is 0 Å². The van der Waals surface area contributed by atoms with Crippen LogP contribution in [0.2, 0.25) is 0 Å². The molecule has 0 aliphatic carbocycles. The number of nitrogens with zero attached hydrogens (tertiary/aromatic N) is 2.